The van der Waals surface area contributed by atoms with E-state index in [1.54, 1.807) is 0 Å². The molecule has 0 saturated carbocycles. The number of nitrogen functional groups attached to an aromatic ring is 1. The minimum Gasteiger partial charge on any atom is -0.387 e. The third-order valence-electron chi connectivity index (χ3n) is 2.65. The van der Waals surface area contributed by atoms with Crippen LogP contribution in [0.25, 0.3) is 5.95 Å². The van der Waals surface area contributed by atoms with E-state index in [2.05, 4.69) is 30.4 Å². The van der Waals surface area contributed by atoms with Gasteiger partial charge in [0.15, 0.2) is 0 Å². The second-order valence-corrected chi connectivity index (χ2v) is 4.89. The maximum absolute atomic E-state index is 10.0. The van der Waals surface area contributed by atoms with Crippen molar-refractivity contribution in [1.29, 1.82) is 0 Å². The van der Waals surface area contributed by atoms with Crippen molar-refractivity contribution >= 4 is 23.2 Å². The Morgan fingerprint density at radius 2 is 2.29 bits per heavy atom. The van der Waals surface area contributed by atoms with Gasteiger partial charge in [0.2, 0.25) is 11.9 Å². The lowest BCUT2D eigenvalue weighted by molar-refractivity contribution is 0.192. The molecule has 0 bridgehead atoms. The van der Waals surface area contributed by atoms with Gasteiger partial charge in [0, 0.05) is 6.54 Å². The molecule has 0 aliphatic rings. The first-order valence-corrected chi connectivity index (χ1v) is 6.97. The average Bonchev–Trinajstić information content (AvgIpc) is 3.16. The molecule has 4 N–H and O–H groups in total. The van der Waals surface area contributed by atoms with E-state index >= 15 is 0 Å². The SMILES string of the molecule is Nc1nc(NCC(O)c2ccsc2)nc(-n2cncn2)n1. The molecule has 0 spiro atoms. The van der Waals surface area contributed by atoms with E-state index in [1.165, 1.54) is 28.7 Å². The highest BCUT2D eigenvalue weighted by molar-refractivity contribution is 7.07. The molecule has 0 amide bonds. The second-order valence-electron chi connectivity index (χ2n) is 4.11. The molecule has 0 aromatic carbocycles. The van der Waals surface area contributed by atoms with E-state index in [0.717, 1.165) is 5.56 Å². The van der Waals surface area contributed by atoms with Crippen LogP contribution in [0.4, 0.5) is 11.9 Å². The van der Waals surface area contributed by atoms with Crippen molar-refractivity contribution < 1.29 is 5.11 Å². The molecule has 0 aliphatic carbocycles. The maximum atomic E-state index is 10.0. The number of hydrogen-bond donors (Lipinski definition) is 3. The van der Waals surface area contributed by atoms with Gasteiger partial charge in [-0.05, 0) is 22.4 Å². The van der Waals surface area contributed by atoms with Gasteiger partial charge >= 0.3 is 0 Å². The number of aliphatic hydroxyl groups is 1. The summed E-state index contributed by atoms with van der Waals surface area (Å²) < 4.78 is 1.37. The molecule has 9 nitrogen and oxygen atoms in total. The Bertz CT molecular complexity index is 699. The number of anilines is 2. The molecule has 1 unspecified atom stereocenters. The van der Waals surface area contributed by atoms with Crippen molar-refractivity contribution in [3.8, 4) is 5.95 Å². The third kappa shape index (κ3) is 3.12. The fourth-order valence-corrected chi connectivity index (χ4v) is 2.35. The lowest BCUT2D eigenvalue weighted by atomic mass is 10.2. The summed E-state index contributed by atoms with van der Waals surface area (Å²) in [7, 11) is 0. The fourth-order valence-electron chi connectivity index (χ4n) is 1.64. The first-order valence-electron chi connectivity index (χ1n) is 6.03. The summed E-state index contributed by atoms with van der Waals surface area (Å²) in [5, 5.41) is 20.6. The van der Waals surface area contributed by atoms with Gasteiger partial charge in [-0.1, -0.05) is 0 Å². The summed E-state index contributed by atoms with van der Waals surface area (Å²) in [6.07, 6.45) is 2.18. The normalized spacial score (nSPS) is 12.2. The smallest absolute Gasteiger partial charge is 0.258 e. The molecule has 10 heteroatoms. The molecular weight excluding hydrogens is 292 g/mol. The van der Waals surface area contributed by atoms with Gasteiger partial charge in [-0.15, -0.1) is 0 Å². The standard InChI is InChI=1S/C11H12N8OS/c12-9-16-10(14-3-8(20)7-1-2-21-4-7)18-11(17-9)19-6-13-5-15-19/h1-2,4-6,8,20H,3H2,(H3,12,14,16,17,18). The number of nitrogens with zero attached hydrogens (tertiary/aromatic N) is 6. The zero-order chi connectivity index (χ0) is 14.7. The Balaban J connectivity index is 1.74. The van der Waals surface area contributed by atoms with Gasteiger partial charge in [-0.3, -0.25) is 0 Å². The summed E-state index contributed by atoms with van der Waals surface area (Å²) in [4.78, 5) is 15.9. The highest BCUT2D eigenvalue weighted by atomic mass is 32.1. The molecule has 21 heavy (non-hydrogen) atoms. The zero-order valence-corrected chi connectivity index (χ0v) is 11.6. The van der Waals surface area contributed by atoms with Crippen LogP contribution in [0.5, 0.6) is 0 Å². The largest absolute Gasteiger partial charge is 0.387 e. The Morgan fingerprint density at radius 3 is 3.00 bits per heavy atom. The summed E-state index contributed by atoms with van der Waals surface area (Å²) in [6, 6.07) is 1.86. The fraction of sp³-hybridized carbons (Fsp3) is 0.182. The van der Waals surface area contributed by atoms with Gasteiger partial charge in [-0.2, -0.15) is 36.1 Å². The molecule has 3 rings (SSSR count). The minimum absolute atomic E-state index is 0.0584. The maximum Gasteiger partial charge on any atom is 0.258 e. The average molecular weight is 304 g/mol. The summed E-state index contributed by atoms with van der Waals surface area (Å²) >= 11 is 1.53. The van der Waals surface area contributed by atoms with Gasteiger partial charge in [-0.25, -0.2) is 4.98 Å². The van der Waals surface area contributed by atoms with Gasteiger partial charge in [0.05, 0.1) is 6.10 Å². The number of rotatable bonds is 5. The van der Waals surface area contributed by atoms with Crippen molar-refractivity contribution in [2.24, 2.45) is 0 Å². The van der Waals surface area contributed by atoms with E-state index in [4.69, 9.17) is 5.73 Å². The number of aromatic nitrogens is 6. The van der Waals surface area contributed by atoms with Crippen LogP contribution in [0.1, 0.15) is 11.7 Å². The summed E-state index contributed by atoms with van der Waals surface area (Å²) in [6.45, 7) is 0.261. The van der Waals surface area contributed by atoms with Crippen LogP contribution >= 0.6 is 11.3 Å². The highest BCUT2D eigenvalue weighted by Gasteiger charge is 2.11. The number of aliphatic hydroxyl groups excluding tert-OH is 1. The molecule has 0 radical (unpaired) electrons. The number of nitrogens with one attached hydrogen (secondary N) is 1. The predicted molar refractivity (Wildman–Crippen MR) is 76.9 cm³/mol. The van der Waals surface area contributed by atoms with Crippen LogP contribution in [0.3, 0.4) is 0 Å². The number of hydrogen-bond acceptors (Lipinski definition) is 9. The van der Waals surface area contributed by atoms with Crippen LogP contribution in [0.2, 0.25) is 0 Å². The van der Waals surface area contributed by atoms with Crippen LogP contribution in [0, 0.1) is 0 Å². The quantitative estimate of drug-likeness (QED) is 0.611. The summed E-state index contributed by atoms with van der Waals surface area (Å²) in [5.41, 5.74) is 6.48. The highest BCUT2D eigenvalue weighted by Crippen LogP contribution is 2.16. The monoisotopic (exact) mass is 304 g/mol. The van der Waals surface area contributed by atoms with Crippen molar-refractivity contribution in [2.75, 3.05) is 17.6 Å². The Kier molecular flexibility index (Phi) is 3.71. The molecule has 3 heterocycles. The van der Waals surface area contributed by atoms with Crippen LogP contribution in [-0.2, 0) is 0 Å². The molecule has 108 valence electrons. The molecular formula is C11H12N8OS. The van der Waals surface area contributed by atoms with Crippen LogP contribution in [0.15, 0.2) is 29.5 Å². The molecule has 0 aliphatic heterocycles. The second kappa shape index (κ2) is 5.81. The van der Waals surface area contributed by atoms with E-state index in [-0.39, 0.29) is 24.4 Å². The third-order valence-corrected chi connectivity index (χ3v) is 3.35. The van der Waals surface area contributed by atoms with E-state index in [0.29, 0.717) is 0 Å². The molecule has 3 aromatic heterocycles. The predicted octanol–water partition coefficient (Wildman–Crippen LogP) is 0.241. The lowest BCUT2D eigenvalue weighted by Crippen LogP contribution is -2.16. The first kappa shape index (κ1) is 13.4. The van der Waals surface area contributed by atoms with Crippen molar-refractivity contribution in [2.45, 2.75) is 6.10 Å². The van der Waals surface area contributed by atoms with Gasteiger partial charge in [0.1, 0.15) is 12.7 Å². The summed E-state index contributed by atoms with van der Waals surface area (Å²) in [5.74, 6) is 0.581. The van der Waals surface area contributed by atoms with Crippen LogP contribution < -0.4 is 11.1 Å². The lowest BCUT2D eigenvalue weighted by Gasteiger charge is -2.11. The Morgan fingerprint density at radius 1 is 1.38 bits per heavy atom. The molecule has 1 atom stereocenters. The first-order chi connectivity index (χ1) is 10.2. The van der Waals surface area contributed by atoms with E-state index in [1.807, 2.05) is 16.8 Å². The van der Waals surface area contributed by atoms with Gasteiger partial charge < -0.3 is 16.2 Å². The van der Waals surface area contributed by atoms with Crippen molar-refractivity contribution in [3.63, 3.8) is 0 Å². The van der Waals surface area contributed by atoms with Gasteiger partial charge in [0.25, 0.3) is 5.95 Å². The van der Waals surface area contributed by atoms with E-state index < -0.39 is 6.10 Å². The minimum atomic E-state index is -0.649. The zero-order valence-electron chi connectivity index (χ0n) is 10.8. The van der Waals surface area contributed by atoms with E-state index in [9.17, 15) is 5.11 Å². The molecule has 0 saturated heterocycles. The topological polar surface area (TPSA) is 128 Å². The molecule has 3 aromatic rings. The Hall–Kier alpha value is -2.59. The number of thiophene rings is 1. The number of nitrogens with two attached hydrogens (primary N) is 1. The molecule has 0 fully saturated rings. The van der Waals surface area contributed by atoms with Crippen molar-refractivity contribution in [1.82, 2.24) is 29.7 Å². The van der Waals surface area contributed by atoms with Crippen LogP contribution in [-0.4, -0.2) is 41.4 Å². The van der Waals surface area contributed by atoms with Crippen molar-refractivity contribution in [3.05, 3.63) is 35.0 Å². The Labute approximate surface area is 123 Å².